The molecule has 3 aromatic carbocycles. The highest BCUT2D eigenvalue weighted by Gasteiger charge is 2.30. The molecule has 0 aromatic heterocycles. The molecule has 1 N–H and O–H groups in total. The number of carbonyl (C=O) groups excluding carboxylic acids is 2. The van der Waals surface area contributed by atoms with Crippen LogP contribution in [0.3, 0.4) is 0 Å². The lowest BCUT2D eigenvalue weighted by Gasteiger charge is -2.05. The van der Waals surface area contributed by atoms with Gasteiger partial charge in [0.15, 0.2) is 0 Å². The fraction of sp³-hybridized carbons (Fsp3) is 0.0833. The lowest BCUT2D eigenvalue weighted by molar-refractivity contribution is -0.128. The summed E-state index contributed by atoms with van der Waals surface area (Å²) in [5.74, 6) is 0.0811. The molecule has 0 unspecified atom stereocenters. The summed E-state index contributed by atoms with van der Waals surface area (Å²) in [6, 6.07) is 17.6. The first kappa shape index (κ1) is 17.3. The molecule has 0 bridgehead atoms. The third kappa shape index (κ3) is 2.63. The number of esters is 2. The maximum atomic E-state index is 12.6. The summed E-state index contributed by atoms with van der Waals surface area (Å²) >= 11 is 0. The second kappa shape index (κ2) is 6.34. The fourth-order valence-electron chi connectivity index (χ4n) is 3.82. The summed E-state index contributed by atoms with van der Waals surface area (Å²) in [7, 11) is 0. The van der Waals surface area contributed by atoms with Crippen molar-refractivity contribution >= 4 is 23.1 Å². The first-order chi connectivity index (χ1) is 14.1. The zero-order valence-corrected chi connectivity index (χ0v) is 15.6. The van der Waals surface area contributed by atoms with Gasteiger partial charge >= 0.3 is 11.9 Å². The Morgan fingerprint density at radius 1 is 0.759 bits per heavy atom. The third-order valence-corrected chi connectivity index (χ3v) is 5.25. The standard InChI is InChI=1S/C24H16O5/c1-2-13-10-15(8-9-18(13)25)22-17-12-19-16(11-20(17)29-24(22)27)21(23(26)28-19)14-6-4-3-5-7-14/h3-12,25H,2H2,1H3. The Balaban J connectivity index is 1.77. The molecule has 0 radical (unpaired) electrons. The van der Waals surface area contributed by atoms with Gasteiger partial charge in [0.2, 0.25) is 0 Å². The van der Waals surface area contributed by atoms with Crippen LogP contribution in [0.1, 0.15) is 23.6 Å². The summed E-state index contributed by atoms with van der Waals surface area (Å²) in [6.07, 6.45) is 0.631. The van der Waals surface area contributed by atoms with Crippen LogP contribution in [0.4, 0.5) is 0 Å². The van der Waals surface area contributed by atoms with E-state index in [1.165, 1.54) is 0 Å². The van der Waals surface area contributed by atoms with Gasteiger partial charge in [-0.15, -0.1) is 0 Å². The van der Waals surface area contributed by atoms with Gasteiger partial charge in [-0.05, 0) is 47.4 Å². The van der Waals surface area contributed by atoms with Crippen molar-refractivity contribution in [2.45, 2.75) is 13.3 Å². The molecule has 29 heavy (non-hydrogen) atoms. The van der Waals surface area contributed by atoms with Crippen molar-refractivity contribution < 1.29 is 24.2 Å². The summed E-state index contributed by atoms with van der Waals surface area (Å²) in [6.45, 7) is 1.93. The molecule has 0 atom stereocenters. The topological polar surface area (TPSA) is 72.8 Å². The van der Waals surface area contributed by atoms with Gasteiger partial charge < -0.3 is 14.6 Å². The molecule has 2 aliphatic heterocycles. The largest absolute Gasteiger partial charge is 0.508 e. The van der Waals surface area contributed by atoms with E-state index < -0.39 is 11.9 Å². The monoisotopic (exact) mass is 384 g/mol. The van der Waals surface area contributed by atoms with E-state index in [1.54, 1.807) is 30.3 Å². The molecular formula is C24H16O5. The van der Waals surface area contributed by atoms with Gasteiger partial charge in [-0.1, -0.05) is 43.3 Å². The van der Waals surface area contributed by atoms with Gasteiger partial charge in [0.1, 0.15) is 17.2 Å². The van der Waals surface area contributed by atoms with E-state index in [0.29, 0.717) is 45.1 Å². The van der Waals surface area contributed by atoms with Crippen LogP contribution < -0.4 is 19.9 Å². The van der Waals surface area contributed by atoms with Crippen LogP contribution in [-0.4, -0.2) is 17.0 Å². The molecule has 2 heterocycles. The van der Waals surface area contributed by atoms with Crippen molar-refractivity contribution in [2.24, 2.45) is 0 Å². The van der Waals surface area contributed by atoms with Gasteiger partial charge in [-0.2, -0.15) is 0 Å². The Labute approximate surface area is 166 Å². The zero-order valence-electron chi connectivity index (χ0n) is 15.6. The van der Waals surface area contributed by atoms with E-state index in [-0.39, 0.29) is 5.75 Å². The number of aryl methyl sites for hydroxylation is 1. The number of rotatable bonds is 3. The fourth-order valence-corrected chi connectivity index (χ4v) is 3.82. The van der Waals surface area contributed by atoms with Gasteiger partial charge in [-0.3, -0.25) is 0 Å². The molecule has 0 spiro atoms. The molecule has 3 aromatic rings. The number of ether oxygens (including phenoxy) is 2. The van der Waals surface area contributed by atoms with E-state index in [0.717, 1.165) is 11.1 Å². The number of hydrogen-bond donors (Lipinski definition) is 1. The number of benzene rings is 3. The lowest BCUT2D eigenvalue weighted by Crippen LogP contribution is -2.11. The van der Waals surface area contributed by atoms with Crippen molar-refractivity contribution in [2.75, 3.05) is 0 Å². The molecule has 2 aliphatic rings. The maximum absolute atomic E-state index is 12.6. The predicted octanol–water partition coefficient (Wildman–Crippen LogP) is 2.19. The van der Waals surface area contributed by atoms with E-state index in [2.05, 4.69) is 0 Å². The first-order valence-corrected chi connectivity index (χ1v) is 9.31. The maximum Gasteiger partial charge on any atom is 0.344 e. The van der Waals surface area contributed by atoms with E-state index in [4.69, 9.17) is 9.47 Å². The van der Waals surface area contributed by atoms with E-state index >= 15 is 0 Å². The van der Waals surface area contributed by atoms with Crippen LogP contribution in [-0.2, 0) is 16.0 Å². The van der Waals surface area contributed by atoms with Crippen molar-refractivity contribution in [3.63, 3.8) is 0 Å². The Bertz CT molecular complexity index is 1320. The SMILES string of the molecule is CCc1cc(C2=c3cc4c(cc3OC2=O)=C(c2ccccc2)C(=O)O4)ccc1O. The highest BCUT2D eigenvalue weighted by molar-refractivity contribution is 6.21. The molecule has 0 saturated carbocycles. The third-order valence-electron chi connectivity index (χ3n) is 5.25. The molecule has 0 saturated heterocycles. The molecule has 0 amide bonds. The molecular weight excluding hydrogens is 368 g/mol. The highest BCUT2D eigenvalue weighted by Crippen LogP contribution is 2.29. The summed E-state index contributed by atoms with van der Waals surface area (Å²) in [5, 5.41) is 11.1. The lowest BCUT2D eigenvalue weighted by atomic mass is 9.99. The minimum Gasteiger partial charge on any atom is -0.508 e. The number of carbonyl (C=O) groups is 2. The van der Waals surface area contributed by atoms with E-state index in [1.807, 2.05) is 37.3 Å². The summed E-state index contributed by atoms with van der Waals surface area (Å²) in [5.41, 5.74) is 2.98. The van der Waals surface area contributed by atoms with Crippen molar-refractivity contribution in [3.05, 3.63) is 87.8 Å². The molecule has 0 fully saturated rings. The van der Waals surface area contributed by atoms with Crippen LogP contribution in [0.5, 0.6) is 17.2 Å². The average molecular weight is 384 g/mol. The molecule has 5 nitrogen and oxygen atoms in total. The molecule has 142 valence electrons. The zero-order chi connectivity index (χ0) is 20.1. The Hall–Kier alpha value is -3.86. The van der Waals surface area contributed by atoms with Gasteiger partial charge in [0.25, 0.3) is 0 Å². The number of hydrogen-bond acceptors (Lipinski definition) is 5. The molecule has 5 rings (SSSR count). The van der Waals surface area contributed by atoms with Crippen LogP contribution in [0.2, 0.25) is 0 Å². The van der Waals surface area contributed by atoms with Gasteiger partial charge in [-0.25, -0.2) is 9.59 Å². The number of phenols is 1. The second-order valence-electron chi connectivity index (χ2n) is 6.94. The van der Waals surface area contributed by atoms with Gasteiger partial charge in [0.05, 0.1) is 11.1 Å². The van der Waals surface area contributed by atoms with Gasteiger partial charge in [0, 0.05) is 10.4 Å². The van der Waals surface area contributed by atoms with Crippen molar-refractivity contribution in [1.82, 2.24) is 0 Å². The number of aromatic hydroxyl groups is 1. The van der Waals surface area contributed by atoms with E-state index in [9.17, 15) is 14.7 Å². The smallest absolute Gasteiger partial charge is 0.344 e. The molecule has 0 aliphatic carbocycles. The minimum absolute atomic E-state index is 0.188. The van der Waals surface area contributed by atoms with Crippen LogP contribution in [0, 0.1) is 0 Å². The van der Waals surface area contributed by atoms with Crippen LogP contribution in [0.15, 0.2) is 60.7 Å². The van der Waals surface area contributed by atoms with Crippen molar-refractivity contribution in [3.8, 4) is 17.2 Å². The van der Waals surface area contributed by atoms with Crippen molar-refractivity contribution in [1.29, 1.82) is 0 Å². The summed E-state index contributed by atoms with van der Waals surface area (Å²) in [4.78, 5) is 25.1. The predicted molar refractivity (Wildman–Crippen MR) is 106 cm³/mol. The Kier molecular flexibility index (Phi) is 3.77. The number of fused-ring (bicyclic) bond motifs is 2. The second-order valence-corrected chi connectivity index (χ2v) is 6.94. The van der Waals surface area contributed by atoms with Crippen LogP contribution in [0.25, 0.3) is 11.1 Å². The Morgan fingerprint density at radius 2 is 1.34 bits per heavy atom. The minimum atomic E-state index is -0.469. The quantitative estimate of drug-likeness (QED) is 0.554. The van der Waals surface area contributed by atoms with Crippen LogP contribution >= 0.6 is 0 Å². The normalized spacial score (nSPS) is 14.5. The Morgan fingerprint density at radius 3 is 1.93 bits per heavy atom. The average Bonchev–Trinajstić information content (AvgIpc) is 3.21. The highest BCUT2D eigenvalue weighted by atomic mass is 16.5. The number of phenolic OH excluding ortho intramolecular Hbond substituents is 1. The molecule has 5 heteroatoms. The first-order valence-electron chi connectivity index (χ1n) is 9.31. The summed E-state index contributed by atoms with van der Waals surface area (Å²) < 4.78 is 11.0.